The number of non-ortho nitro benzene ring substituents is 1. The Balaban J connectivity index is 1.93. The Morgan fingerprint density at radius 3 is 2.63 bits per heavy atom. The zero-order chi connectivity index (χ0) is 19.4. The molecule has 7 nitrogen and oxygen atoms in total. The van der Waals surface area contributed by atoms with Crippen molar-refractivity contribution in [3.63, 3.8) is 0 Å². The topological polar surface area (TPSA) is 84.7 Å². The Labute approximate surface area is 162 Å². The maximum atomic E-state index is 13.1. The van der Waals surface area contributed by atoms with Crippen LogP contribution in [0.4, 0.5) is 11.4 Å². The van der Waals surface area contributed by atoms with Gasteiger partial charge in [0.2, 0.25) is 0 Å². The fourth-order valence-electron chi connectivity index (χ4n) is 3.15. The molecular formula is C19H23N3O4S. The van der Waals surface area contributed by atoms with Gasteiger partial charge in [-0.2, -0.15) is 0 Å². The number of hydrogen-bond acceptors (Lipinski definition) is 6. The van der Waals surface area contributed by atoms with E-state index >= 15 is 0 Å². The van der Waals surface area contributed by atoms with Gasteiger partial charge in [-0.25, -0.2) is 0 Å². The molecule has 1 aromatic heterocycles. The quantitative estimate of drug-likeness (QED) is 0.602. The van der Waals surface area contributed by atoms with Gasteiger partial charge in [0.05, 0.1) is 35.4 Å². The molecule has 1 N–H and O–H groups in total. The normalized spacial score (nSPS) is 15.6. The molecule has 144 valence electrons. The molecule has 2 aromatic rings. The number of nitrogens with zero attached hydrogens (tertiary/aromatic N) is 2. The van der Waals surface area contributed by atoms with Crippen molar-refractivity contribution in [1.82, 2.24) is 5.32 Å². The highest BCUT2D eigenvalue weighted by atomic mass is 32.1. The van der Waals surface area contributed by atoms with Gasteiger partial charge in [0.15, 0.2) is 0 Å². The van der Waals surface area contributed by atoms with Gasteiger partial charge >= 0.3 is 0 Å². The number of morpholine rings is 1. The fourth-order valence-corrected chi connectivity index (χ4v) is 4.10. The van der Waals surface area contributed by atoms with Gasteiger partial charge in [0, 0.05) is 30.1 Å². The van der Waals surface area contributed by atoms with E-state index in [4.69, 9.17) is 4.74 Å². The van der Waals surface area contributed by atoms with E-state index in [0.717, 1.165) is 4.88 Å². The van der Waals surface area contributed by atoms with Crippen molar-refractivity contribution in [3.8, 4) is 0 Å². The lowest BCUT2D eigenvalue weighted by atomic mass is 10.0. The maximum Gasteiger partial charge on any atom is 0.270 e. The van der Waals surface area contributed by atoms with Gasteiger partial charge in [0.1, 0.15) is 0 Å². The summed E-state index contributed by atoms with van der Waals surface area (Å²) in [4.78, 5) is 27.0. The van der Waals surface area contributed by atoms with Crippen LogP contribution in [0.5, 0.6) is 0 Å². The van der Waals surface area contributed by atoms with Crippen LogP contribution in [-0.2, 0) is 4.74 Å². The molecule has 0 bridgehead atoms. The third-order valence-electron chi connectivity index (χ3n) is 4.59. The van der Waals surface area contributed by atoms with Crippen LogP contribution in [0.25, 0.3) is 0 Å². The van der Waals surface area contributed by atoms with Crippen LogP contribution in [-0.4, -0.2) is 37.1 Å². The van der Waals surface area contributed by atoms with E-state index in [1.807, 2.05) is 36.3 Å². The molecule has 1 aromatic carbocycles. The van der Waals surface area contributed by atoms with Gasteiger partial charge in [-0.1, -0.05) is 19.9 Å². The van der Waals surface area contributed by atoms with Crippen molar-refractivity contribution in [3.05, 3.63) is 56.3 Å². The van der Waals surface area contributed by atoms with Crippen LogP contribution >= 0.6 is 11.3 Å². The van der Waals surface area contributed by atoms with Crippen molar-refractivity contribution < 1.29 is 14.5 Å². The molecule has 3 rings (SSSR count). The van der Waals surface area contributed by atoms with Gasteiger partial charge < -0.3 is 15.0 Å². The minimum atomic E-state index is -0.473. The Bertz CT molecular complexity index is 801. The number of amides is 1. The summed E-state index contributed by atoms with van der Waals surface area (Å²) in [5, 5.41) is 16.3. The lowest BCUT2D eigenvalue weighted by molar-refractivity contribution is -0.384. The smallest absolute Gasteiger partial charge is 0.270 e. The van der Waals surface area contributed by atoms with Gasteiger partial charge in [0.25, 0.3) is 11.6 Å². The van der Waals surface area contributed by atoms with Crippen molar-refractivity contribution >= 4 is 28.6 Å². The molecule has 27 heavy (non-hydrogen) atoms. The summed E-state index contributed by atoms with van der Waals surface area (Å²) in [5.74, 6) is -0.106. The van der Waals surface area contributed by atoms with Gasteiger partial charge in [-0.3, -0.25) is 14.9 Å². The molecule has 2 heterocycles. The Morgan fingerprint density at radius 2 is 2.04 bits per heavy atom. The Morgan fingerprint density at radius 1 is 1.30 bits per heavy atom. The highest BCUT2D eigenvalue weighted by Gasteiger charge is 2.25. The zero-order valence-electron chi connectivity index (χ0n) is 15.4. The molecule has 1 aliphatic rings. The number of anilines is 1. The number of hydrogen-bond donors (Lipinski definition) is 1. The average Bonchev–Trinajstić information content (AvgIpc) is 3.20. The number of carbonyl (C=O) groups excluding carboxylic acids is 1. The molecule has 8 heteroatoms. The second kappa shape index (κ2) is 8.49. The number of thiophene rings is 1. The first-order chi connectivity index (χ1) is 13.0. The number of nitro benzene ring substituents is 1. The molecule has 1 fully saturated rings. The van der Waals surface area contributed by atoms with Crippen molar-refractivity contribution in [2.75, 3.05) is 31.2 Å². The van der Waals surface area contributed by atoms with Crippen molar-refractivity contribution in [2.24, 2.45) is 5.92 Å². The molecule has 1 amide bonds. The summed E-state index contributed by atoms with van der Waals surface area (Å²) in [5.41, 5.74) is 0.942. The molecule has 0 aliphatic carbocycles. The maximum absolute atomic E-state index is 13.1. The lowest BCUT2D eigenvalue weighted by Crippen LogP contribution is -2.38. The van der Waals surface area contributed by atoms with Gasteiger partial charge in [-0.05, 0) is 23.4 Å². The van der Waals surface area contributed by atoms with Crippen LogP contribution < -0.4 is 10.2 Å². The van der Waals surface area contributed by atoms with Crippen LogP contribution in [0.3, 0.4) is 0 Å². The molecule has 0 spiro atoms. The summed E-state index contributed by atoms with van der Waals surface area (Å²) in [6.07, 6.45) is 0. The predicted molar refractivity (Wildman–Crippen MR) is 105 cm³/mol. The van der Waals surface area contributed by atoms with E-state index in [1.54, 1.807) is 17.4 Å². The summed E-state index contributed by atoms with van der Waals surface area (Å²) in [6, 6.07) is 8.27. The van der Waals surface area contributed by atoms with E-state index < -0.39 is 4.92 Å². The molecule has 0 radical (unpaired) electrons. The summed E-state index contributed by atoms with van der Waals surface area (Å²) in [6.45, 7) is 6.53. The fraction of sp³-hybridized carbons (Fsp3) is 0.421. The molecular weight excluding hydrogens is 366 g/mol. The average molecular weight is 389 g/mol. The molecule has 0 unspecified atom stereocenters. The second-order valence-electron chi connectivity index (χ2n) is 6.77. The van der Waals surface area contributed by atoms with E-state index in [2.05, 4.69) is 5.32 Å². The highest BCUT2D eigenvalue weighted by Crippen LogP contribution is 2.30. The number of nitrogens with one attached hydrogen (secondary N) is 1. The largest absolute Gasteiger partial charge is 0.378 e. The summed E-state index contributed by atoms with van der Waals surface area (Å²) < 4.78 is 5.38. The van der Waals surface area contributed by atoms with Crippen LogP contribution in [0, 0.1) is 16.0 Å². The third-order valence-corrected chi connectivity index (χ3v) is 5.55. The van der Waals surface area contributed by atoms with Crippen LogP contribution in [0.1, 0.15) is 35.1 Å². The number of ether oxygens (including phenoxy) is 1. The van der Waals surface area contributed by atoms with Crippen LogP contribution in [0.15, 0.2) is 35.7 Å². The third kappa shape index (κ3) is 4.45. The highest BCUT2D eigenvalue weighted by molar-refractivity contribution is 7.10. The first-order valence-corrected chi connectivity index (χ1v) is 9.80. The first kappa shape index (κ1) is 19.3. The minimum Gasteiger partial charge on any atom is -0.378 e. The molecule has 1 aliphatic heterocycles. The number of carbonyl (C=O) groups is 1. The minimum absolute atomic E-state index is 0.0885. The first-order valence-electron chi connectivity index (χ1n) is 8.92. The number of benzene rings is 1. The van der Waals surface area contributed by atoms with Crippen molar-refractivity contribution in [1.29, 1.82) is 0 Å². The number of rotatable bonds is 6. The number of nitro groups is 1. The van der Waals surface area contributed by atoms with E-state index in [-0.39, 0.29) is 23.6 Å². The second-order valence-corrected chi connectivity index (χ2v) is 7.75. The molecule has 0 saturated carbocycles. The SMILES string of the molecule is CC(C)[C@H](NC(=O)c1cc([N+](=O)[O-])ccc1N1CCOCC1)c1cccs1. The zero-order valence-corrected chi connectivity index (χ0v) is 16.2. The van der Waals surface area contributed by atoms with Crippen molar-refractivity contribution in [2.45, 2.75) is 19.9 Å². The predicted octanol–water partition coefficient (Wildman–Crippen LogP) is 3.62. The lowest BCUT2D eigenvalue weighted by Gasteiger charge is -2.30. The standard InChI is InChI=1S/C19H23N3O4S/c1-13(2)18(17-4-3-11-27-17)20-19(23)15-12-14(22(24)25)5-6-16(15)21-7-9-26-10-8-21/h3-6,11-13,18H,7-10H2,1-2H3,(H,20,23)/t18-/m0/s1. The summed E-state index contributed by atoms with van der Waals surface area (Å²) in [7, 11) is 0. The van der Waals surface area contributed by atoms with Gasteiger partial charge in [-0.15, -0.1) is 11.3 Å². The molecule has 1 atom stereocenters. The summed E-state index contributed by atoms with van der Waals surface area (Å²) >= 11 is 1.59. The van der Waals surface area contributed by atoms with Crippen LogP contribution in [0.2, 0.25) is 0 Å². The Hall–Kier alpha value is -2.45. The van der Waals surface area contributed by atoms with E-state index in [9.17, 15) is 14.9 Å². The molecule has 1 saturated heterocycles. The monoisotopic (exact) mass is 389 g/mol. The van der Waals surface area contributed by atoms with E-state index in [0.29, 0.717) is 37.6 Å². The Kier molecular flexibility index (Phi) is 6.08. The van der Waals surface area contributed by atoms with E-state index in [1.165, 1.54) is 12.1 Å².